The highest BCUT2D eigenvalue weighted by Crippen LogP contribution is 2.28. The summed E-state index contributed by atoms with van der Waals surface area (Å²) in [6, 6.07) is 6.49. The molecule has 0 aliphatic heterocycles. The molecule has 1 fully saturated rings. The Labute approximate surface area is 119 Å². The Kier molecular flexibility index (Phi) is 4.11. The topological polar surface area (TPSA) is 50.9 Å². The minimum absolute atomic E-state index is 0.397. The number of pyridine rings is 1. The number of aromatic nitrogens is 3. The van der Waals surface area contributed by atoms with E-state index in [9.17, 15) is 5.11 Å². The van der Waals surface area contributed by atoms with E-state index >= 15 is 0 Å². The largest absolute Gasteiger partial charge is 0.392 e. The van der Waals surface area contributed by atoms with Gasteiger partial charge in [-0.05, 0) is 30.5 Å². The summed E-state index contributed by atoms with van der Waals surface area (Å²) in [4.78, 5) is 4.07. The molecule has 1 aliphatic carbocycles. The Morgan fingerprint density at radius 3 is 2.85 bits per heavy atom. The minimum atomic E-state index is -0.397. The first-order chi connectivity index (χ1) is 9.81. The lowest BCUT2D eigenvalue weighted by molar-refractivity contribution is 0.173. The van der Waals surface area contributed by atoms with Crippen molar-refractivity contribution < 1.29 is 5.11 Å². The second kappa shape index (κ2) is 6.18. The van der Waals surface area contributed by atoms with Gasteiger partial charge in [0, 0.05) is 31.4 Å². The highest BCUT2D eigenvalue weighted by Gasteiger charge is 2.18. The molecule has 4 nitrogen and oxygen atoms in total. The van der Waals surface area contributed by atoms with Gasteiger partial charge in [-0.15, -0.1) is 0 Å². The van der Waals surface area contributed by atoms with Crippen molar-refractivity contribution in [3.63, 3.8) is 0 Å². The molecule has 4 heteroatoms. The monoisotopic (exact) mass is 271 g/mol. The highest BCUT2D eigenvalue weighted by molar-refractivity contribution is 5.11. The van der Waals surface area contributed by atoms with Gasteiger partial charge in [-0.2, -0.15) is 5.10 Å². The second-order valence-electron chi connectivity index (χ2n) is 5.65. The van der Waals surface area contributed by atoms with Crippen molar-refractivity contribution in [3.8, 4) is 0 Å². The SMILES string of the molecule is OC(Cc1cccnc1)Cc1ccn(C2CCCC2)n1. The van der Waals surface area contributed by atoms with E-state index in [-0.39, 0.29) is 0 Å². The molecule has 0 amide bonds. The molecule has 1 N–H and O–H groups in total. The van der Waals surface area contributed by atoms with E-state index in [2.05, 4.69) is 21.0 Å². The van der Waals surface area contributed by atoms with Gasteiger partial charge in [0.2, 0.25) is 0 Å². The minimum Gasteiger partial charge on any atom is -0.392 e. The highest BCUT2D eigenvalue weighted by atomic mass is 16.3. The summed E-state index contributed by atoms with van der Waals surface area (Å²) in [5.74, 6) is 0. The van der Waals surface area contributed by atoms with E-state index in [0.717, 1.165) is 11.3 Å². The lowest BCUT2D eigenvalue weighted by Crippen LogP contribution is -2.15. The number of hydrogen-bond acceptors (Lipinski definition) is 3. The first kappa shape index (κ1) is 13.3. The first-order valence-electron chi connectivity index (χ1n) is 7.42. The summed E-state index contributed by atoms with van der Waals surface area (Å²) >= 11 is 0. The number of aliphatic hydroxyl groups is 1. The van der Waals surface area contributed by atoms with Gasteiger partial charge in [-0.25, -0.2) is 0 Å². The van der Waals surface area contributed by atoms with Crippen LogP contribution in [0.2, 0.25) is 0 Å². The Bertz CT molecular complexity index is 532. The molecule has 20 heavy (non-hydrogen) atoms. The molecule has 2 aromatic heterocycles. The van der Waals surface area contributed by atoms with Gasteiger partial charge in [-0.1, -0.05) is 18.9 Å². The molecule has 0 spiro atoms. The Morgan fingerprint density at radius 2 is 2.10 bits per heavy atom. The van der Waals surface area contributed by atoms with Crippen molar-refractivity contribution in [2.75, 3.05) is 0 Å². The molecule has 2 heterocycles. The zero-order valence-electron chi connectivity index (χ0n) is 11.7. The van der Waals surface area contributed by atoms with Gasteiger partial charge in [0.1, 0.15) is 0 Å². The number of hydrogen-bond donors (Lipinski definition) is 1. The lowest BCUT2D eigenvalue weighted by Gasteiger charge is -2.10. The number of rotatable bonds is 5. The van der Waals surface area contributed by atoms with Gasteiger partial charge in [0.25, 0.3) is 0 Å². The van der Waals surface area contributed by atoms with E-state index in [4.69, 9.17) is 0 Å². The van der Waals surface area contributed by atoms with Crippen LogP contribution in [0.3, 0.4) is 0 Å². The molecule has 106 valence electrons. The first-order valence-corrected chi connectivity index (χ1v) is 7.42. The molecule has 1 unspecified atom stereocenters. The average molecular weight is 271 g/mol. The molecule has 1 atom stereocenters. The van der Waals surface area contributed by atoms with E-state index in [1.165, 1.54) is 25.7 Å². The summed E-state index contributed by atoms with van der Waals surface area (Å²) < 4.78 is 2.08. The number of nitrogens with zero attached hydrogens (tertiary/aromatic N) is 3. The summed E-state index contributed by atoms with van der Waals surface area (Å²) in [6.07, 6.45) is 11.5. The zero-order chi connectivity index (χ0) is 13.8. The van der Waals surface area contributed by atoms with Gasteiger partial charge in [0.15, 0.2) is 0 Å². The van der Waals surface area contributed by atoms with Crippen LogP contribution in [-0.2, 0) is 12.8 Å². The third kappa shape index (κ3) is 3.25. The summed E-state index contributed by atoms with van der Waals surface area (Å²) in [6.45, 7) is 0. The Morgan fingerprint density at radius 1 is 1.25 bits per heavy atom. The van der Waals surface area contributed by atoms with Crippen LogP contribution in [0.15, 0.2) is 36.8 Å². The molecule has 0 aromatic carbocycles. The molecule has 1 aliphatic rings. The van der Waals surface area contributed by atoms with Crippen molar-refractivity contribution in [3.05, 3.63) is 48.0 Å². The van der Waals surface area contributed by atoms with Crippen LogP contribution in [0.5, 0.6) is 0 Å². The summed E-state index contributed by atoms with van der Waals surface area (Å²) in [7, 11) is 0. The van der Waals surface area contributed by atoms with E-state index < -0.39 is 6.10 Å². The van der Waals surface area contributed by atoms with Gasteiger partial charge >= 0.3 is 0 Å². The molecule has 2 aromatic rings. The predicted molar refractivity (Wildman–Crippen MR) is 77.4 cm³/mol. The fraction of sp³-hybridized carbons (Fsp3) is 0.500. The molecule has 0 radical (unpaired) electrons. The fourth-order valence-electron chi connectivity index (χ4n) is 2.96. The third-order valence-corrected chi connectivity index (χ3v) is 4.00. The van der Waals surface area contributed by atoms with Crippen LogP contribution in [0.1, 0.15) is 43.0 Å². The fourth-order valence-corrected chi connectivity index (χ4v) is 2.96. The van der Waals surface area contributed by atoms with Gasteiger partial charge < -0.3 is 5.11 Å². The third-order valence-electron chi connectivity index (χ3n) is 4.00. The Hall–Kier alpha value is -1.68. The van der Waals surface area contributed by atoms with Crippen LogP contribution < -0.4 is 0 Å². The Balaban J connectivity index is 1.57. The van der Waals surface area contributed by atoms with E-state index in [1.807, 2.05) is 18.2 Å². The van der Waals surface area contributed by atoms with Gasteiger partial charge in [0.05, 0.1) is 17.8 Å². The molecule has 0 saturated heterocycles. The van der Waals surface area contributed by atoms with E-state index in [0.29, 0.717) is 18.9 Å². The quantitative estimate of drug-likeness (QED) is 0.909. The van der Waals surface area contributed by atoms with Crippen molar-refractivity contribution in [1.82, 2.24) is 14.8 Å². The molecular formula is C16H21N3O. The maximum absolute atomic E-state index is 10.2. The number of aliphatic hydroxyl groups excluding tert-OH is 1. The van der Waals surface area contributed by atoms with Crippen molar-refractivity contribution in [1.29, 1.82) is 0 Å². The van der Waals surface area contributed by atoms with Gasteiger partial charge in [-0.3, -0.25) is 9.67 Å². The standard InChI is InChI=1S/C16H21N3O/c20-16(10-13-4-3-8-17-12-13)11-14-7-9-19(18-14)15-5-1-2-6-15/h3-4,7-9,12,15-16,20H,1-2,5-6,10-11H2. The van der Waals surface area contributed by atoms with Crippen LogP contribution in [0.25, 0.3) is 0 Å². The average Bonchev–Trinajstić information content (AvgIpc) is 3.10. The second-order valence-corrected chi connectivity index (χ2v) is 5.65. The molecule has 1 saturated carbocycles. The van der Waals surface area contributed by atoms with Crippen LogP contribution in [0.4, 0.5) is 0 Å². The molecule has 3 rings (SSSR count). The maximum atomic E-state index is 10.2. The van der Waals surface area contributed by atoms with Crippen LogP contribution in [-0.4, -0.2) is 26.0 Å². The van der Waals surface area contributed by atoms with E-state index in [1.54, 1.807) is 12.4 Å². The van der Waals surface area contributed by atoms with Crippen LogP contribution >= 0.6 is 0 Å². The zero-order valence-corrected chi connectivity index (χ0v) is 11.7. The lowest BCUT2D eigenvalue weighted by atomic mass is 10.1. The van der Waals surface area contributed by atoms with Crippen molar-refractivity contribution in [2.24, 2.45) is 0 Å². The van der Waals surface area contributed by atoms with Crippen molar-refractivity contribution in [2.45, 2.75) is 50.7 Å². The molecular weight excluding hydrogens is 250 g/mol. The van der Waals surface area contributed by atoms with Crippen LogP contribution in [0, 0.1) is 0 Å². The smallest absolute Gasteiger partial charge is 0.0650 e. The maximum Gasteiger partial charge on any atom is 0.0650 e. The summed E-state index contributed by atoms with van der Waals surface area (Å²) in [5.41, 5.74) is 2.04. The van der Waals surface area contributed by atoms with Crippen molar-refractivity contribution >= 4 is 0 Å². The normalized spacial score (nSPS) is 17.4. The predicted octanol–water partition coefficient (Wildman–Crippen LogP) is 2.54. The molecule has 0 bridgehead atoms. The summed E-state index contributed by atoms with van der Waals surface area (Å²) in [5, 5.41) is 14.8.